The van der Waals surface area contributed by atoms with E-state index >= 15 is 0 Å². The lowest BCUT2D eigenvalue weighted by atomic mass is 10.2. The summed E-state index contributed by atoms with van der Waals surface area (Å²) in [5.74, 6) is 1.08. The van der Waals surface area contributed by atoms with Crippen molar-refractivity contribution in [3.05, 3.63) is 41.9 Å². The Bertz CT molecular complexity index is 766. The zero-order chi connectivity index (χ0) is 15.0. The Kier molecular flexibility index (Phi) is 3.51. The van der Waals surface area contributed by atoms with Crippen LogP contribution >= 0.6 is 0 Å². The molecule has 5 nitrogen and oxygen atoms in total. The first-order chi connectivity index (χ1) is 10.1. The largest absolute Gasteiger partial charge is 0.310 e. The number of hydrogen-bond acceptors (Lipinski definition) is 3. The average molecular weight is 283 g/mol. The highest BCUT2D eigenvalue weighted by Gasteiger charge is 2.16. The molecule has 0 saturated carbocycles. The topological polar surface area (TPSA) is 47.7 Å². The van der Waals surface area contributed by atoms with Gasteiger partial charge >= 0.3 is 0 Å². The second-order valence-electron chi connectivity index (χ2n) is 5.65. The minimum absolute atomic E-state index is 0.442. The van der Waals surface area contributed by atoms with E-state index in [9.17, 15) is 0 Å². The van der Waals surface area contributed by atoms with Crippen molar-refractivity contribution in [2.24, 2.45) is 7.05 Å². The van der Waals surface area contributed by atoms with Crippen LogP contribution < -0.4 is 5.32 Å². The lowest BCUT2D eigenvalue weighted by Crippen LogP contribution is -2.23. The van der Waals surface area contributed by atoms with Gasteiger partial charge in [0.25, 0.3) is 0 Å². The minimum Gasteiger partial charge on any atom is -0.310 e. The molecule has 5 heteroatoms. The smallest absolute Gasteiger partial charge is 0.141 e. The summed E-state index contributed by atoms with van der Waals surface area (Å²) in [5, 5.41) is 8.06. The third-order valence-corrected chi connectivity index (χ3v) is 3.68. The summed E-state index contributed by atoms with van der Waals surface area (Å²) in [6.45, 7) is 7.16. The van der Waals surface area contributed by atoms with Crippen LogP contribution in [0.5, 0.6) is 0 Å². The highest BCUT2D eigenvalue weighted by Crippen LogP contribution is 2.22. The lowest BCUT2D eigenvalue weighted by Gasteiger charge is -2.11. The fraction of sp³-hybridized carbons (Fsp3) is 0.375. The van der Waals surface area contributed by atoms with Crippen molar-refractivity contribution in [3.8, 4) is 5.82 Å². The fourth-order valence-electron chi connectivity index (χ4n) is 2.63. The van der Waals surface area contributed by atoms with Crippen LogP contribution in [0.1, 0.15) is 25.1 Å². The number of para-hydroxylation sites is 2. The number of aromatic nitrogens is 4. The quantitative estimate of drug-likeness (QED) is 0.800. The SMILES string of the molecule is Cc1nn(C)c(-n2cnc3ccccc32)c1CNC(C)C. The molecule has 1 aromatic carbocycles. The summed E-state index contributed by atoms with van der Waals surface area (Å²) in [4.78, 5) is 4.48. The summed E-state index contributed by atoms with van der Waals surface area (Å²) in [6.07, 6.45) is 1.87. The van der Waals surface area contributed by atoms with Crippen LogP contribution in [0, 0.1) is 6.92 Å². The molecule has 21 heavy (non-hydrogen) atoms. The van der Waals surface area contributed by atoms with E-state index in [-0.39, 0.29) is 0 Å². The Morgan fingerprint density at radius 1 is 1.24 bits per heavy atom. The summed E-state index contributed by atoms with van der Waals surface area (Å²) in [7, 11) is 1.98. The number of nitrogens with zero attached hydrogens (tertiary/aromatic N) is 4. The molecule has 0 bridgehead atoms. The zero-order valence-electron chi connectivity index (χ0n) is 13.0. The molecule has 1 N–H and O–H groups in total. The molecule has 0 aliphatic carbocycles. The predicted molar refractivity (Wildman–Crippen MR) is 84.5 cm³/mol. The molecule has 0 atom stereocenters. The van der Waals surface area contributed by atoms with Crippen molar-refractivity contribution >= 4 is 11.0 Å². The average Bonchev–Trinajstić information content (AvgIpc) is 2.97. The van der Waals surface area contributed by atoms with Gasteiger partial charge in [-0.1, -0.05) is 26.0 Å². The van der Waals surface area contributed by atoms with E-state index in [1.54, 1.807) is 0 Å². The Labute approximate surface area is 124 Å². The molecule has 3 rings (SSSR count). The number of hydrogen-bond donors (Lipinski definition) is 1. The summed E-state index contributed by atoms with van der Waals surface area (Å²) in [6, 6.07) is 8.60. The Morgan fingerprint density at radius 2 is 2.00 bits per heavy atom. The van der Waals surface area contributed by atoms with Gasteiger partial charge in [-0.3, -0.25) is 9.25 Å². The maximum atomic E-state index is 4.58. The Morgan fingerprint density at radius 3 is 2.76 bits per heavy atom. The summed E-state index contributed by atoms with van der Waals surface area (Å²) in [5.41, 5.74) is 4.37. The molecule has 2 aromatic heterocycles. The van der Waals surface area contributed by atoms with E-state index < -0.39 is 0 Å². The van der Waals surface area contributed by atoms with Crippen LogP contribution in [0.15, 0.2) is 30.6 Å². The molecule has 3 aromatic rings. The molecular weight excluding hydrogens is 262 g/mol. The molecule has 0 fully saturated rings. The number of fused-ring (bicyclic) bond motifs is 1. The molecule has 2 heterocycles. The number of imidazole rings is 1. The molecule has 0 amide bonds. The lowest BCUT2D eigenvalue weighted by molar-refractivity contribution is 0.586. The standard InChI is InChI=1S/C16H21N5/c1-11(2)17-9-13-12(3)19-20(4)16(13)21-10-18-14-7-5-6-8-15(14)21/h5-8,10-11,17H,9H2,1-4H3. The Balaban J connectivity index is 2.13. The van der Waals surface area contributed by atoms with Gasteiger partial charge in [0.2, 0.25) is 0 Å². The van der Waals surface area contributed by atoms with Crippen molar-refractivity contribution < 1.29 is 0 Å². The van der Waals surface area contributed by atoms with E-state index in [4.69, 9.17) is 0 Å². The van der Waals surface area contributed by atoms with E-state index in [2.05, 4.69) is 46.8 Å². The van der Waals surface area contributed by atoms with Crippen LogP contribution in [0.4, 0.5) is 0 Å². The van der Waals surface area contributed by atoms with Gasteiger partial charge in [-0.05, 0) is 19.1 Å². The van der Waals surface area contributed by atoms with Crippen molar-refractivity contribution in [2.45, 2.75) is 33.4 Å². The third-order valence-electron chi connectivity index (χ3n) is 3.68. The number of rotatable bonds is 4. The van der Waals surface area contributed by atoms with Gasteiger partial charge in [0, 0.05) is 25.2 Å². The van der Waals surface area contributed by atoms with E-state index in [1.807, 2.05) is 36.3 Å². The summed E-state index contributed by atoms with van der Waals surface area (Å²) < 4.78 is 4.05. The first-order valence-electron chi connectivity index (χ1n) is 7.26. The number of nitrogens with one attached hydrogen (secondary N) is 1. The third kappa shape index (κ3) is 2.45. The van der Waals surface area contributed by atoms with Gasteiger partial charge in [-0.2, -0.15) is 5.10 Å². The Hall–Kier alpha value is -2.14. The van der Waals surface area contributed by atoms with Crippen molar-refractivity contribution in [1.29, 1.82) is 0 Å². The predicted octanol–water partition coefficient (Wildman–Crippen LogP) is 2.57. The monoisotopic (exact) mass is 283 g/mol. The number of benzene rings is 1. The molecule has 0 spiro atoms. The normalized spacial score (nSPS) is 11.7. The highest BCUT2D eigenvalue weighted by atomic mass is 15.3. The van der Waals surface area contributed by atoms with Crippen LogP contribution in [-0.2, 0) is 13.6 Å². The molecule has 0 aliphatic heterocycles. The summed E-state index contributed by atoms with van der Waals surface area (Å²) >= 11 is 0. The zero-order valence-corrected chi connectivity index (χ0v) is 13.0. The molecule has 110 valence electrons. The van der Waals surface area contributed by atoms with Gasteiger partial charge in [-0.15, -0.1) is 0 Å². The van der Waals surface area contributed by atoms with Crippen molar-refractivity contribution in [1.82, 2.24) is 24.6 Å². The highest BCUT2D eigenvalue weighted by molar-refractivity contribution is 5.77. The molecule has 0 aliphatic rings. The molecular formula is C16H21N5. The van der Waals surface area contributed by atoms with Gasteiger partial charge < -0.3 is 5.32 Å². The van der Waals surface area contributed by atoms with Crippen LogP contribution in [0.25, 0.3) is 16.9 Å². The van der Waals surface area contributed by atoms with Gasteiger partial charge in [0.05, 0.1) is 16.7 Å². The van der Waals surface area contributed by atoms with Gasteiger partial charge in [0.15, 0.2) is 0 Å². The molecule has 0 saturated heterocycles. The van der Waals surface area contributed by atoms with Gasteiger partial charge in [-0.25, -0.2) is 4.98 Å². The molecule has 0 radical (unpaired) electrons. The first-order valence-corrected chi connectivity index (χ1v) is 7.26. The molecule has 0 unspecified atom stereocenters. The van der Waals surface area contributed by atoms with E-state index in [0.717, 1.165) is 29.1 Å². The van der Waals surface area contributed by atoms with E-state index in [0.29, 0.717) is 6.04 Å². The van der Waals surface area contributed by atoms with Crippen molar-refractivity contribution in [3.63, 3.8) is 0 Å². The van der Waals surface area contributed by atoms with Gasteiger partial charge in [0.1, 0.15) is 12.1 Å². The van der Waals surface area contributed by atoms with Crippen LogP contribution in [0.3, 0.4) is 0 Å². The second-order valence-corrected chi connectivity index (χ2v) is 5.65. The fourth-order valence-corrected chi connectivity index (χ4v) is 2.63. The second kappa shape index (κ2) is 5.33. The maximum absolute atomic E-state index is 4.58. The van der Waals surface area contributed by atoms with Crippen LogP contribution in [0.2, 0.25) is 0 Å². The maximum Gasteiger partial charge on any atom is 0.141 e. The first kappa shape index (κ1) is 13.8. The van der Waals surface area contributed by atoms with Crippen molar-refractivity contribution in [2.75, 3.05) is 0 Å². The van der Waals surface area contributed by atoms with Crippen LogP contribution in [-0.4, -0.2) is 25.4 Å². The minimum atomic E-state index is 0.442. The van der Waals surface area contributed by atoms with E-state index in [1.165, 1.54) is 5.56 Å². The number of aryl methyl sites for hydroxylation is 2.